The molecule has 118 valence electrons. The molecule has 24 heavy (non-hydrogen) atoms. The molecule has 4 aromatic heterocycles. The third-order valence-electron chi connectivity index (χ3n) is 3.97. The molecule has 8 heteroatoms. The van der Waals surface area contributed by atoms with Crippen LogP contribution < -0.4 is 0 Å². The summed E-state index contributed by atoms with van der Waals surface area (Å²) >= 11 is 3.17. The van der Waals surface area contributed by atoms with Crippen LogP contribution in [0.2, 0.25) is 0 Å². The molecule has 0 saturated heterocycles. The molecule has 1 aliphatic rings. The van der Waals surface area contributed by atoms with Gasteiger partial charge in [-0.3, -0.25) is 4.98 Å². The standard InChI is InChI=1S/C16H11N5OS2/c1-4-10-11(5-1)23-14-12(10)15(19-8-18-14)24-16-21-20-13(22-16)9-3-2-6-17-7-9/h2-3,6-8H,1,4-5H2. The molecule has 0 bridgehead atoms. The number of hydrogen-bond acceptors (Lipinski definition) is 8. The zero-order chi connectivity index (χ0) is 15.9. The number of pyridine rings is 1. The second-order valence-electron chi connectivity index (χ2n) is 5.43. The van der Waals surface area contributed by atoms with Crippen molar-refractivity contribution in [2.45, 2.75) is 29.5 Å². The Labute approximate surface area is 145 Å². The Morgan fingerprint density at radius 3 is 3.08 bits per heavy atom. The highest BCUT2D eigenvalue weighted by Gasteiger charge is 2.22. The number of rotatable bonds is 3. The summed E-state index contributed by atoms with van der Waals surface area (Å²) in [4.78, 5) is 15.4. The monoisotopic (exact) mass is 353 g/mol. The average molecular weight is 353 g/mol. The molecule has 6 nitrogen and oxygen atoms in total. The lowest BCUT2D eigenvalue weighted by Crippen LogP contribution is -1.87. The fraction of sp³-hybridized carbons (Fsp3) is 0.188. The van der Waals surface area contributed by atoms with Crippen molar-refractivity contribution < 1.29 is 4.42 Å². The maximum Gasteiger partial charge on any atom is 0.283 e. The minimum absolute atomic E-state index is 0.464. The summed E-state index contributed by atoms with van der Waals surface area (Å²) in [5, 5.41) is 10.8. The van der Waals surface area contributed by atoms with Gasteiger partial charge in [0.2, 0.25) is 5.89 Å². The second-order valence-corrected chi connectivity index (χ2v) is 7.46. The van der Waals surface area contributed by atoms with E-state index in [2.05, 4.69) is 25.1 Å². The van der Waals surface area contributed by atoms with Gasteiger partial charge in [0.15, 0.2) is 0 Å². The molecular weight excluding hydrogens is 342 g/mol. The Morgan fingerprint density at radius 2 is 2.17 bits per heavy atom. The van der Waals surface area contributed by atoms with Gasteiger partial charge < -0.3 is 4.42 Å². The molecule has 0 aromatic carbocycles. The Hall–Kier alpha value is -2.32. The van der Waals surface area contributed by atoms with Crippen LogP contribution in [0.25, 0.3) is 21.7 Å². The van der Waals surface area contributed by atoms with Gasteiger partial charge in [0, 0.05) is 22.7 Å². The first-order valence-corrected chi connectivity index (χ1v) is 9.19. The van der Waals surface area contributed by atoms with Gasteiger partial charge in [-0.15, -0.1) is 21.5 Å². The summed E-state index contributed by atoms with van der Waals surface area (Å²) in [6.45, 7) is 0. The molecule has 0 unspecified atom stereocenters. The predicted octanol–water partition coefficient (Wildman–Crippen LogP) is 3.78. The van der Waals surface area contributed by atoms with E-state index in [0.717, 1.165) is 33.6 Å². The number of aromatic nitrogens is 5. The molecule has 0 atom stereocenters. The van der Waals surface area contributed by atoms with Gasteiger partial charge in [-0.25, -0.2) is 9.97 Å². The molecule has 0 fully saturated rings. The first-order valence-electron chi connectivity index (χ1n) is 7.55. The molecule has 0 aliphatic heterocycles. The zero-order valence-electron chi connectivity index (χ0n) is 12.5. The first-order chi connectivity index (χ1) is 11.9. The highest BCUT2D eigenvalue weighted by Crippen LogP contribution is 2.41. The number of thiophene rings is 1. The number of hydrogen-bond donors (Lipinski definition) is 0. The van der Waals surface area contributed by atoms with E-state index in [1.165, 1.54) is 28.6 Å². The zero-order valence-corrected chi connectivity index (χ0v) is 14.1. The van der Waals surface area contributed by atoms with Crippen LogP contribution >= 0.6 is 23.1 Å². The van der Waals surface area contributed by atoms with Crippen molar-refractivity contribution in [1.29, 1.82) is 0 Å². The molecule has 4 aromatic rings. The van der Waals surface area contributed by atoms with Crippen molar-refractivity contribution in [3.05, 3.63) is 41.3 Å². The smallest absolute Gasteiger partial charge is 0.283 e. The van der Waals surface area contributed by atoms with Crippen LogP contribution in [-0.2, 0) is 12.8 Å². The van der Waals surface area contributed by atoms with E-state index in [1.807, 2.05) is 12.1 Å². The van der Waals surface area contributed by atoms with Crippen LogP contribution in [0.4, 0.5) is 0 Å². The highest BCUT2D eigenvalue weighted by atomic mass is 32.2. The van der Waals surface area contributed by atoms with Gasteiger partial charge in [-0.2, -0.15) is 0 Å². The summed E-state index contributed by atoms with van der Waals surface area (Å²) in [7, 11) is 0. The lowest BCUT2D eigenvalue weighted by Gasteiger charge is -2.00. The van der Waals surface area contributed by atoms with E-state index in [0.29, 0.717) is 11.1 Å². The van der Waals surface area contributed by atoms with Crippen molar-refractivity contribution in [1.82, 2.24) is 25.1 Å². The quantitative estimate of drug-likeness (QED) is 0.519. The first kappa shape index (κ1) is 14.1. The van der Waals surface area contributed by atoms with Crippen LogP contribution in [0.3, 0.4) is 0 Å². The van der Waals surface area contributed by atoms with Crippen LogP contribution in [0.5, 0.6) is 0 Å². The minimum atomic E-state index is 0.464. The van der Waals surface area contributed by atoms with Crippen LogP contribution in [-0.4, -0.2) is 25.1 Å². The summed E-state index contributed by atoms with van der Waals surface area (Å²) in [6.07, 6.45) is 8.48. The number of nitrogens with zero attached hydrogens (tertiary/aromatic N) is 5. The molecule has 0 radical (unpaired) electrons. The maximum absolute atomic E-state index is 5.76. The Morgan fingerprint density at radius 1 is 1.17 bits per heavy atom. The van der Waals surface area contributed by atoms with Gasteiger partial charge in [0.25, 0.3) is 5.22 Å². The summed E-state index contributed by atoms with van der Waals surface area (Å²) in [5.41, 5.74) is 2.20. The van der Waals surface area contributed by atoms with E-state index in [4.69, 9.17) is 4.42 Å². The van der Waals surface area contributed by atoms with Gasteiger partial charge in [-0.1, -0.05) is 0 Å². The van der Waals surface area contributed by atoms with E-state index >= 15 is 0 Å². The van der Waals surface area contributed by atoms with E-state index < -0.39 is 0 Å². The fourth-order valence-corrected chi connectivity index (χ4v) is 5.00. The minimum Gasteiger partial charge on any atom is -0.411 e. The molecule has 0 spiro atoms. The predicted molar refractivity (Wildman–Crippen MR) is 91.1 cm³/mol. The molecule has 4 heterocycles. The average Bonchev–Trinajstić information content (AvgIpc) is 3.31. The lowest BCUT2D eigenvalue weighted by atomic mass is 10.2. The largest absolute Gasteiger partial charge is 0.411 e. The van der Waals surface area contributed by atoms with E-state index in [-0.39, 0.29) is 0 Å². The van der Waals surface area contributed by atoms with E-state index in [9.17, 15) is 0 Å². The van der Waals surface area contributed by atoms with Crippen molar-refractivity contribution in [3.8, 4) is 11.5 Å². The SMILES string of the molecule is c1cncc(-c2nnc(Sc3ncnc4sc5c(c34)CCC5)o2)c1. The van der Waals surface area contributed by atoms with Gasteiger partial charge in [0.05, 0.1) is 5.56 Å². The molecular formula is C16H11N5OS2. The third kappa shape index (κ3) is 2.30. The highest BCUT2D eigenvalue weighted by molar-refractivity contribution is 7.99. The van der Waals surface area contributed by atoms with Crippen molar-refractivity contribution >= 4 is 33.3 Å². The maximum atomic E-state index is 5.76. The third-order valence-corrected chi connectivity index (χ3v) is 6.01. The molecule has 5 rings (SSSR count). The molecule has 0 saturated carbocycles. The molecule has 1 aliphatic carbocycles. The summed E-state index contributed by atoms with van der Waals surface area (Å²) in [6, 6.07) is 3.73. The summed E-state index contributed by atoms with van der Waals surface area (Å²) < 4.78 is 5.76. The Kier molecular flexibility index (Phi) is 3.30. The Balaban J connectivity index is 1.53. The number of fused-ring (bicyclic) bond motifs is 3. The lowest BCUT2D eigenvalue weighted by molar-refractivity contribution is 0.465. The van der Waals surface area contributed by atoms with Gasteiger partial charge in [-0.05, 0) is 48.7 Å². The summed E-state index contributed by atoms with van der Waals surface area (Å²) in [5.74, 6) is 0.464. The van der Waals surface area contributed by atoms with Crippen molar-refractivity contribution in [2.24, 2.45) is 0 Å². The van der Waals surface area contributed by atoms with Crippen LogP contribution in [0.1, 0.15) is 16.9 Å². The normalized spacial score (nSPS) is 13.5. The van der Waals surface area contributed by atoms with Crippen LogP contribution in [0, 0.1) is 0 Å². The van der Waals surface area contributed by atoms with Crippen molar-refractivity contribution in [3.63, 3.8) is 0 Å². The van der Waals surface area contributed by atoms with Gasteiger partial charge in [0.1, 0.15) is 16.2 Å². The topological polar surface area (TPSA) is 77.6 Å². The molecule has 0 N–H and O–H groups in total. The van der Waals surface area contributed by atoms with E-state index in [1.54, 1.807) is 30.1 Å². The Bertz CT molecular complexity index is 1030. The van der Waals surface area contributed by atoms with Gasteiger partial charge >= 0.3 is 0 Å². The molecule has 0 amide bonds. The number of aryl methyl sites for hydroxylation is 2. The fourth-order valence-electron chi connectivity index (χ4n) is 2.92. The second kappa shape index (κ2) is 5.64. The van der Waals surface area contributed by atoms with Crippen LogP contribution in [0.15, 0.2) is 45.5 Å². The van der Waals surface area contributed by atoms with Crippen molar-refractivity contribution in [2.75, 3.05) is 0 Å².